The molecule has 0 spiro atoms. The maximum Gasteiger partial charge on any atom is 0.134 e. The lowest BCUT2D eigenvalue weighted by atomic mass is 9.97. The van der Waals surface area contributed by atoms with Crippen molar-refractivity contribution in [1.29, 1.82) is 5.26 Å². The summed E-state index contributed by atoms with van der Waals surface area (Å²) in [6.07, 6.45) is 7.32. The molecule has 0 aliphatic heterocycles. The second kappa shape index (κ2) is 10.2. The number of nitriles is 1. The van der Waals surface area contributed by atoms with Gasteiger partial charge >= 0.3 is 0 Å². The summed E-state index contributed by atoms with van der Waals surface area (Å²) in [4.78, 5) is 4.58. The standard InChI is InChI=1S/C29H27FN2/c1-2-3-24-10-16-27(32-20-24)15-9-22-11-17-28-26(18-22)14-13-25(29(28)30)12-8-21-4-6-23(19-31)7-5-21/h4-7,10-11,13-14,16-18,20H,2-3,8-9,12,15H2,1H3. The monoisotopic (exact) mass is 422 g/mol. The van der Waals surface area contributed by atoms with E-state index in [-0.39, 0.29) is 5.82 Å². The van der Waals surface area contributed by atoms with Gasteiger partial charge < -0.3 is 0 Å². The van der Waals surface area contributed by atoms with E-state index in [0.29, 0.717) is 17.4 Å². The number of halogens is 1. The lowest BCUT2D eigenvalue weighted by Gasteiger charge is -2.09. The van der Waals surface area contributed by atoms with Crippen LogP contribution >= 0.6 is 0 Å². The van der Waals surface area contributed by atoms with Crippen LogP contribution in [0.2, 0.25) is 0 Å². The molecular weight excluding hydrogens is 395 g/mol. The molecule has 1 aromatic heterocycles. The molecule has 3 aromatic carbocycles. The number of hydrogen-bond acceptors (Lipinski definition) is 2. The zero-order valence-electron chi connectivity index (χ0n) is 18.4. The first-order valence-corrected chi connectivity index (χ1v) is 11.3. The van der Waals surface area contributed by atoms with Crippen molar-refractivity contribution < 1.29 is 4.39 Å². The van der Waals surface area contributed by atoms with Gasteiger partial charge in [0.05, 0.1) is 11.6 Å². The highest BCUT2D eigenvalue weighted by atomic mass is 19.1. The van der Waals surface area contributed by atoms with E-state index in [1.807, 2.05) is 54.7 Å². The van der Waals surface area contributed by atoms with E-state index in [1.165, 1.54) is 11.1 Å². The normalized spacial score (nSPS) is 10.9. The fourth-order valence-corrected chi connectivity index (χ4v) is 4.07. The molecule has 0 N–H and O–H groups in total. The predicted molar refractivity (Wildman–Crippen MR) is 128 cm³/mol. The predicted octanol–water partition coefficient (Wildman–Crippen LogP) is 6.77. The molecule has 0 fully saturated rings. The van der Waals surface area contributed by atoms with Crippen LogP contribution in [-0.2, 0) is 32.1 Å². The Morgan fingerprint density at radius 2 is 1.53 bits per heavy atom. The Balaban J connectivity index is 1.42. The first-order chi connectivity index (χ1) is 15.7. The van der Waals surface area contributed by atoms with Crippen molar-refractivity contribution in [2.45, 2.75) is 45.4 Å². The van der Waals surface area contributed by atoms with Gasteiger partial charge in [-0.1, -0.05) is 61.9 Å². The minimum atomic E-state index is -0.129. The summed E-state index contributed by atoms with van der Waals surface area (Å²) in [5.74, 6) is -0.129. The zero-order chi connectivity index (χ0) is 22.3. The molecule has 1 heterocycles. The summed E-state index contributed by atoms with van der Waals surface area (Å²) >= 11 is 0. The van der Waals surface area contributed by atoms with Crippen LogP contribution in [-0.4, -0.2) is 4.98 Å². The molecule has 0 aliphatic rings. The van der Waals surface area contributed by atoms with Crippen molar-refractivity contribution in [2.24, 2.45) is 0 Å². The Bertz CT molecular complexity index is 1240. The highest BCUT2D eigenvalue weighted by molar-refractivity contribution is 5.84. The van der Waals surface area contributed by atoms with Crippen LogP contribution < -0.4 is 0 Å². The first-order valence-electron chi connectivity index (χ1n) is 11.3. The fraction of sp³-hybridized carbons (Fsp3) is 0.241. The lowest BCUT2D eigenvalue weighted by Crippen LogP contribution is -1.98. The van der Waals surface area contributed by atoms with Crippen LogP contribution in [0.5, 0.6) is 0 Å². The third kappa shape index (κ3) is 5.21. The van der Waals surface area contributed by atoms with Gasteiger partial charge in [0.1, 0.15) is 5.82 Å². The summed E-state index contributed by atoms with van der Waals surface area (Å²) in [5.41, 5.74) is 6.05. The van der Waals surface area contributed by atoms with Crippen LogP contribution in [0.15, 0.2) is 72.9 Å². The quantitative estimate of drug-likeness (QED) is 0.314. The first kappa shape index (κ1) is 21.7. The summed E-state index contributed by atoms with van der Waals surface area (Å²) in [6.45, 7) is 2.18. The number of aromatic nitrogens is 1. The topological polar surface area (TPSA) is 36.7 Å². The highest BCUT2D eigenvalue weighted by Gasteiger charge is 2.09. The molecule has 3 heteroatoms. The Hall–Kier alpha value is -3.51. The lowest BCUT2D eigenvalue weighted by molar-refractivity contribution is 0.620. The number of fused-ring (bicyclic) bond motifs is 1. The maximum atomic E-state index is 15.1. The van der Waals surface area contributed by atoms with Gasteiger partial charge in [-0.15, -0.1) is 0 Å². The SMILES string of the molecule is CCCc1ccc(CCc2ccc3c(F)c(CCc4ccc(C#N)cc4)ccc3c2)nc1. The van der Waals surface area contributed by atoms with E-state index < -0.39 is 0 Å². The molecule has 4 aromatic rings. The van der Waals surface area contributed by atoms with Crippen LogP contribution in [0.25, 0.3) is 10.8 Å². The van der Waals surface area contributed by atoms with E-state index >= 15 is 4.39 Å². The van der Waals surface area contributed by atoms with E-state index in [2.05, 4.69) is 36.2 Å². The van der Waals surface area contributed by atoms with E-state index in [4.69, 9.17) is 5.26 Å². The van der Waals surface area contributed by atoms with Crippen LogP contribution in [0.3, 0.4) is 0 Å². The van der Waals surface area contributed by atoms with Gasteiger partial charge in [0.15, 0.2) is 0 Å². The van der Waals surface area contributed by atoms with Crippen LogP contribution in [0.1, 0.15) is 46.9 Å². The smallest absolute Gasteiger partial charge is 0.134 e. The molecule has 0 saturated carbocycles. The zero-order valence-corrected chi connectivity index (χ0v) is 18.4. The van der Waals surface area contributed by atoms with Crippen LogP contribution in [0, 0.1) is 17.1 Å². The largest absolute Gasteiger partial charge is 0.261 e. The second-order valence-corrected chi connectivity index (χ2v) is 8.31. The van der Waals surface area contributed by atoms with Crippen molar-refractivity contribution >= 4 is 10.8 Å². The van der Waals surface area contributed by atoms with Gasteiger partial charge in [-0.25, -0.2) is 4.39 Å². The summed E-state index contributed by atoms with van der Waals surface area (Å²) in [6, 6.07) is 23.9. The van der Waals surface area contributed by atoms with Crippen molar-refractivity contribution in [3.63, 3.8) is 0 Å². The van der Waals surface area contributed by atoms with Gasteiger partial charge in [-0.2, -0.15) is 5.26 Å². The summed E-state index contributed by atoms with van der Waals surface area (Å²) < 4.78 is 15.1. The number of nitrogens with zero attached hydrogens (tertiary/aromatic N) is 2. The Morgan fingerprint density at radius 3 is 2.25 bits per heavy atom. The number of benzene rings is 3. The molecule has 2 nitrogen and oxygen atoms in total. The minimum absolute atomic E-state index is 0.129. The van der Waals surface area contributed by atoms with Crippen molar-refractivity contribution in [2.75, 3.05) is 0 Å². The van der Waals surface area contributed by atoms with E-state index in [1.54, 1.807) is 0 Å². The van der Waals surface area contributed by atoms with E-state index in [0.717, 1.165) is 54.3 Å². The molecule has 0 unspecified atom stereocenters. The van der Waals surface area contributed by atoms with Crippen molar-refractivity contribution in [3.05, 3.63) is 112 Å². The van der Waals surface area contributed by atoms with Crippen LogP contribution in [0.4, 0.5) is 4.39 Å². The molecule has 0 saturated heterocycles. The van der Waals surface area contributed by atoms with Gasteiger partial charge in [0.25, 0.3) is 0 Å². The van der Waals surface area contributed by atoms with E-state index in [9.17, 15) is 0 Å². The highest BCUT2D eigenvalue weighted by Crippen LogP contribution is 2.24. The fourth-order valence-electron chi connectivity index (χ4n) is 4.07. The number of aryl methyl sites for hydroxylation is 5. The second-order valence-electron chi connectivity index (χ2n) is 8.31. The Labute approximate surface area is 189 Å². The molecule has 0 aliphatic carbocycles. The minimum Gasteiger partial charge on any atom is -0.261 e. The molecule has 160 valence electrons. The van der Waals surface area contributed by atoms with Crippen molar-refractivity contribution in [1.82, 2.24) is 4.98 Å². The van der Waals surface area contributed by atoms with Gasteiger partial charge in [0, 0.05) is 17.3 Å². The van der Waals surface area contributed by atoms with Gasteiger partial charge in [-0.05, 0) is 77.9 Å². The molecule has 32 heavy (non-hydrogen) atoms. The molecular formula is C29H27FN2. The number of pyridine rings is 1. The van der Waals surface area contributed by atoms with Crippen molar-refractivity contribution in [3.8, 4) is 6.07 Å². The Kier molecular flexibility index (Phi) is 6.92. The molecule has 0 radical (unpaired) electrons. The maximum absolute atomic E-state index is 15.1. The third-order valence-electron chi connectivity index (χ3n) is 5.96. The molecule has 0 bridgehead atoms. The molecule has 4 rings (SSSR count). The third-order valence-corrected chi connectivity index (χ3v) is 5.96. The number of hydrogen-bond donors (Lipinski definition) is 0. The average molecular weight is 423 g/mol. The summed E-state index contributed by atoms with van der Waals surface area (Å²) in [7, 11) is 0. The van der Waals surface area contributed by atoms with Gasteiger partial charge in [0.2, 0.25) is 0 Å². The molecule has 0 atom stereocenters. The average Bonchev–Trinajstić information content (AvgIpc) is 2.84. The number of rotatable bonds is 8. The van der Waals surface area contributed by atoms with Gasteiger partial charge in [-0.3, -0.25) is 4.98 Å². The molecule has 0 amide bonds. The summed E-state index contributed by atoms with van der Waals surface area (Å²) in [5, 5.41) is 10.5. The Morgan fingerprint density at radius 1 is 0.781 bits per heavy atom.